The molecule has 0 spiro atoms. The molecule has 0 saturated heterocycles. The van der Waals surface area contributed by atoms with Crippen molar-refractivity contribution in [2.75, 3.05) is 6.61 Å². The number of allylic oxidation sites excluding steroid dienone is 4. The third-order valence-electron chi connectivity index (χ3n) is 2.84. The normalized spacial score (nSPS) is 10.8. The van der Waals surface area contributed by atoms with Crippen LogP contribution in [0, 0.1) is 0 Å². The van der Waals surface area contributed by atoms with Crippen molar-refractivity contribution < 1.29 is 15.0 Å². The van der Waals surface area contributed by atoms with Crippen LogP contribution in [0.1, 0.15) is 78.1 Å². The average Bonchev–Trinajstić information content (AvgIpc) is 2.43. The number of aliphatic hydroxyl groups excluding tert-OH is 1. The quantitative estimate of drug-likeness (QED) is 0.389. The van der Waals surface area contributed by atoms with Crippen molar-refractivity contribution in [3.05, 3.63) is 24.3 Å². The van der Waals surface area contributed by atoms with Crippen LogP contribution in [0.3, 0.4) is 0 Å². The van der Waals surface area contributed by atoms with Gasteiger partial charge in [-0.2, -0.15) is 0 Å². The zero-order chi connectivity index (χ0) is 16.2. The standard InChI is InChI=1S/C16H30O.C2H4O2/c1-2-3-4-5-6-7-8-9-10-11-12-13-14-15-16-17;1-2(3)4/h5-6,9-10,17H,2-4,7-8,11-16H2,1H3;1H3,(H,3,4)/b6-5-,10-9-;. The first-order chi connectivity index (χ1) is 10.1. The van der Waals surface area contributed by atoms with Gasteiger partial charge in [-0.05, 0) is 38.5 Å². The van der Waals surface area contributed by atoms with Gasteiger partial charge in [-0.1, -0.05) is 56.9 Å². The summed E-state index contributed by atoms with van der Waals surface area (Å²) in [5, 5.41) is 16.0. The van der Waals surface area contributed by atoms with E-state index in [1.165, 1.54) is 57.8 Å². The fourth-order valence-electron chi connectivity index (χ4n) is 1.71. The monoisotopic (exact) mass is 298 g/mol. The zero-order valence-corrected chi connectivity index (χ0v) is 13.9. The van der Waals surface area contributed by atoms with Crippen LogP contribution in [-0.4, -0.2) is 22.8 Å². The van der Waals surface area contributed by atoms with E-state index in [-0.39, 0.29) is 0 Å². The van der Waals surface area contributed by atoms with Crippen LogP contribution >= 0.6 is 0 Å². The number of rotatable bonds is 12. The van der Waals surface area contributed by atoms with Gasteiger partial charge in [0.15, 0.2) is 0 Å². The molecule has 0 aliphatic rings. The number of carboxylic acids is 1. The van der Waals surface area contributed by atoms with Gasteiger partial charge in [0.2, 0.25) is 0 Å². The Kier molecular flexibility index (Phi) is 22.4. The van der Waals surface area contributed by atoms with Gasteiger partial charge in [-0.3, -0.25) is 4.79 Å². The number of unbranched alkanes of at least 4 members (excludes halogenated alkanes) is 7. The van der Waals surface area contributed by atoms with Crippen molar-refractivity contribution in [1.82, 2.24) is 0 Å². The van der Waals surface area contributed by atoms with Crippen LogP contribution < -0.4 is 0 Å². The van der Waals surface area contributed by atoms with Crippen molar-refractivity contribution in [3.63, 3.8) is 0 Å². The summed E-state index contributed by atoms with van der Waals surface area (Å²) in [5.74, 6) is -0.833. The van der Waals surface area contributed by atoms with Gasteiger partial charge < -0.3 is 10.2 Å². The predicted octanol–water partition coefficient (Wildman–Crippen LogP) is 5.10. The highest BCUT2D eigenvalue weighted by Crippen LogP contribution is 2.04. The van der Waals surface area contributed by atoms with Gasteiger partial charge in [-0.25, -0.2) is 0 Å². The van der Waals surface area contributed by atoms with Crippen LogP contribution in [-0.2, 0) is 4.79 Å². The highest BCUT2D eigenvalue weighted by atomic mass is 16.4. The highest BCUT2D eigenvalue weighted by molar-refractivity contribution is 5.62. The molecule has 0 amide bonds. The lowest BCUT2D eigenvalue weighted by Crippen LogP contribution is -1.82. The maximum Gasteiger partial charge on any atom is 0.300 e. The molecule has 0 aromatic rings. The minimum absolute atomic E-state index is 0.347. The van der Waals surface area contributed by atoms with Gasteiger partial charge in [0.25, 0.3) is 5.97 Å². The molecule has 0 rings (SSSR count). The van der Waals surface area contributed by atoms with Gasteiger partial charge in [-0.15, -0.1) is 0 Å². The van der Waals surface area contributed by atoms with Gasteiger partial charge in [0, 0.05) is 13.5 Å². The molecule has 124 valence electrons. The van der Waals surface area contributed by atoms with Crippen molar-refractivity contribution in [2.45, 2.75) is 78.1 Å². The Labute approximate surface area is 130 Å². The SMILES string of the molecule is CC(=O)O.CCCC/C=C\CC/C=C\CCCCCCO. The van der Waals surface area contributed by atoms with E-state index in [4.69, 9.17) is 15.0 Å². The molecular formula is C18H34O3. The van der Waals surface area contributed by atoms with E-state index in [1.54, 1.807) is 0 Å². The lowest BCUT2D eigenvalue weighted by atomic mass is 10.1. The first-order valence-corrected chi connectivity index (χ1v) is 8.25. The third-order valence-corrected chi connectivity index (χ3v) is 2.84. The summed E-state index contributed by atoms with van der Waals surface area (Å²) in [6, 6.07) is 0. The predicted molar refractivity (Wildman–Crippen MR) is 90.5 cm³/mol. The molecular weight excluding hydrogens is 264 g/mol. The Morgan fingerprint density at radius 3 is 1.71 bits per heavy atom. The molecule has 3 heteroatoms. The second kappa shape index (κ2) is 21.2. The number of aliphatic hydroxyl groups is 1. The summed E-state index contributed by atoms with van der Waals surface area (Å²) in [5.41, 5.74) is 0. The van der Waals surface area contributed by atoms with Crippen molar-refractivity contribution in [1.29, 1.82) is 0 Å². The maximum atomic E-state index is 9.00. The minimum atomic E-state index is -0.833. The Balaban J connectivity index is 0. The number of carbonyl (C=O) groups is 1. The minimum Gasteiger partial charge on any atom is -0.481 e. The summed E-state index contributed by atoms with van der Waals surface area (Å²) in [4.78, 5) is 9.00. The molecule has 0 heterocycles. The molecule has 0 aliphatic carbocycles. The molecule has 0 saturated carbocycles. The molecule has 0 unspecified atom stereocenters. The number of aliphatic carboxylic acids is 1. The molecule has 0 bridgehead atoms. The van der Waals surface area contributed by atoms with Crippen LogP contribution in [0.2, 0.25) is 0 Å². The lowest BCUT2D eigenvalue weighted by molar-refractivity contribution is -0.134. The van der Waals surface area contributed by atoms with Gasteiger partial charge in [0.05, 0.1) is 0 Å². The Bertz CT molecular complexity index is 253. The topological polar surface area (TPSA) is 57.5 Å². The molecule has 0 fully saturated rings. The van der Waals surface area contributed by atoms with E-state index in [0.29, 0.717) is 6.61 Å². The highest BCUT2D eigenvalue weighted by Gasteiger charge is 1.86. The van der Waals surface area contributed by atoms with E-state index in [2.05, 4.69) is 31.2 Å². The molecule has 21 heavy (non-hydrogen) atoms. The molecule has 0 atom stereocenters. The molecule has 0 radical (unpaired) electrons. The molecule has 2 N–H and O–H groups in total. The molecule has 0 aromatic carbocycles. The summed E-state index contributed by atoms with van der Waals surface area (Å²) < 4.78 is 0. The molecule has 0 aromatic heterocycles. The Morgan fingerprint density at radius 2 is 1.24 bits per heavy atom. The molecule has 3 nitrogen and oxygen atoms in total. The van der Waals surface area contributed by atoms with E-state index in [1.807, 2.05) is 0 Å². The lowest BCUT2D eigenvalue weighted by Gasteiger charge is -1.95. The van der Waals surface area contributed by atoms with Crippen molar-refractivity contribution in [3.8, 4) is 0 Å². The number of carboxylic acid groups (broad SMARTS) is 1. The van der Waals surface area contributed by atoms with Crippen LogP contribution in [0.25, 0.3) is 0 Å². The van der Waals surface area contributed by atoms with E-state index >= 15 is 0 Å². The fourth-order valence-corrected chi connectivity index (χ4v) is 1.71. The van der Waals surface area contributed by atoms with Crippen molar-refractivity contribution in [2.24, 2.45) is 0 Å². The third kappa shape index (κ3) is 32.4. The smallest absolute Gasteiger partial charge is 0.300 e. The van der Waals surface area contributed by atoms with Gasteiger partial charge in [0.1, 0.15) is 0 Å². The van der Waals surface area contributed by atoms with Crippen LogP contribution in [0.5, 0.6) is 0 Å². The number of hydrogen-bond donors (Lipinski definition) is 2. The van der Waals surface area contributed by atoms with Crippen LogP contribution in [0.4, 0.5) is 0 Å². The second-order valence-electron chi connectivity index (χ2n) is 5.11. The fraction of sp³-hybridized carbons (Fsp3) is 0.722. The first-order valence-electron chi connectivity index (χ1n) is 8.25. The largest absolute Gasteiger partial charge is 0.481 e. The maximum absolute atomic E-state index is 9.00. The summed E-state index contributed by atoms with van der Waals surface area (Å²) in [7, 11) is 0. The Hall–Kier alpha value is -1.09. The first kappa shape index (κ1) is 22.2. The zero-order valence-electron chi connectivity index (χ0n) is 13.9. The van der Waals surface area contributed by atoms with E-state index < -0.39 is 5.97 Å². The molecule has 0 aliphatic heterocycles. The summed E-state index contributed by atoms with van der Waals surface area (Å²) in [6.07, 6.45) is 21.3. The average molecular weight is 298 g/mol. The van der Waals surface area contributed by atoms with E-state index in [9.17, 15) is 0 Å². The second-order valence-corrected chi connectivity index (χ2v) is 5.11. The Morgan fingerprint density at radius 1 is 0.810 bits per heavy atom. The summed E-state index contributed by atoms with van der Waals surface area (Å²) >= 11 is 0. The van der Waals surface area contributed by atoms with Crippen molar-refractivity contribution >= 4 is 5.97 Å². The van der Waals surface area contributed by atoms with E-state index in [0.717, 1.165) is 13.3 Å². The number of hydrogen-bond acceptors (Lipinski definition) is 2. The summed E-state index contributed by atoms with van der Waals surface area (Å²) in [6.45, 7) is 3.66. The van der Waals surface area contributed by atoms with Crippen LogP contribution in [0.15, 0.2) is 24.3 Å². The van der Waals surface area contributed by atoms with Gasteiger partial charge >= 0.3 is 0 Å².